The standard InChI is InChI=1S/C18H29NO2/c1-3-14-19-15-10-6-4-5-7-11-16(15)21-18-13-9-8-12-17(18)20-2/h8-9,12-13,15-16,19H,3-7,10-11,14H2,1-2H3. The number of methoxy groups -OCH3 is 1. The molecule has 3 nitrogen and oxygen atoms in total. The van der Waals surface area contributed by atoms with Crippen molar-refractivity contribution in [3.63, 3.8) is 0 Å². The first-order chi connectivity index (χ1) is 10.3. The van der Waals surface area contributed by atoms with Crippen molar-refractivity contribution in [2.24, 2.45) is 0 Å². The van der Waals surface area contributed by atoms with Crippen molar-refractivity contribution in [1.29, 1.82) is 0 Å². The van der Waals surface area contributed by atoms with Gasteiger partial charge in [0, 0.05) is 6.04 Å². The smallest absolute Gasteiger partial charge is 0.161 e. The molecular formula is C18H29NO2. The Kier molecular flexibility index (Phi) is 6.87. The Hall–Kier alpha value is -1.22. The summed E-state index contributed by atoms with van der Waals surface area (Å²) in [5.74, 6) is 1.70. The van der Waals surface area contributed by atoms with Gasteiger partial charge in [-0.2, -0.15) is 0 Å². The molecule has 0 heterocycles. The van der Waals surface area contributed by atoms with Crippen LogP contribution in [0, 0.1) is 0 Å². The van der Waals surface area contributed by atoms with E-state index >= 15 is 0 Å². The van der Waals surface area contributed by atoms with Crippen LogP contribution in [0.3, 0.4) is 0 Å². The van der Waals surface area contributed by atoms with E-state index in [1.807, 2.05) is 24.3 Å². The number of rotatable bonds is 6. The van der Waals surface area contributed by atoms with Crippen LogP contribution in [0.15, 0.2) is 24.3 Å². The Labute approximate surface area is 129 Å². The van der Waals surface area contributed by atoms with Crippen molar-refractivity contribution in [3.05, 3.63) is 24.3 Å². The second kappa shape index (κ2) is 8.93. The van der Waals surface area contributed by atoms with Gasteiger partial charge in [-0.3, -0.25) is 0 Å². The first-order valence-electron chi connectivity index (χ1n) is 8.38. The molecule has 1 saturated carbocycles. The predicted molar refractivity (Wildman–Crippen MR) is 87.2 cm³/mol. The van der Waals surface area contributed by atoms with Crippen molar-refractivity contribution in [2.75, 3.05) is 13.7 Å². The van der Waals surface area contributed by atoms with E-state index in [1.54, 1.807) is 7.11 Å². The lowest BCUT2D eigenvalue weighted by Gasteiger charge is -2.31. The van der Waals surface area contributed by atoms with E-state index in [0.717, 1.165) is 30.9 Å². The summed E-state index contributed by atoms with van der Waals surface area (Å²) in [4.78, 5) is 0. The summed E-state index contributed by atoms with van der Waals surface area (Å²) >= 11 is 0. The van der Waals surface area contributed by atoms with E-state index < -0.39 is 0 Å². The minimum atomic E-state index is 0.244. The highest BCUT2D eigenvalue weighted by Crippen LogP contribution is 2.30. The molecule has 1 aliphatic rings. The summed E-state index contributed by atoms with van der Waals surface area (Å²) in [6, 6.07) is 8.42. The van der Waals surface area contributed by atoms with Gasteiger partial charge in [0.1, 0.15) is 6.10 Å². The van der Waals surface area contributed by atoms with Crippen LogP contribution in [0.1, 0.15) is 51.9 Å². The molecule has 0 bridgehead atoms. The Morgan fingerprint density at radius 3 is 2.48 bits per heavy atom. The van der Waals surface area contributed by atoms with Gasteiger partial charge in [-0.1, -0.05) is 38.3 Å². The predicted octanol–water partition coefficient (Wildman–Crippen LogP) is 4.17. The maximum absolute atomic E-state index is 6.34. The molecule has 2 atom stereocenters. The Balaban J connectivity index is 2.07. The molecular weight excluding hydrogens is 262 g/mol. The molecule has 21 heavy (non-hydrogen) atoms. The molecule has 1 aliphatic carbocycles. The van der Waals surface area contributed by atoms with Gasteiger partial charge in [-0.25, -0.2) is 0 Å². The lowest BCUT2D eigenvalue weighted by molar-refractivity contribution is 0.123. The molecule has 0 spiro atoms. The Bertz CT molecular complexity index is 406. The van der Waals surface area contributed by atoms with Crippen LogP contribution in [0.25, 0.3) is 0 Å². The number of benzene rings is 1. The van der Waals surface area contributed by atoms with Crippen molar-refractivity contribution < 1.29 is 9.47 Å². The minimum absolute atomic E-state index is 0.244. The summed E-state index contributed by atoms with van der Waals surface area (Å²) in [5, 5.41) is 3.68. The minimum Gasteiger partial charge on any atom is -0.493 e. The van der Waals surface area contributed by atoms with E-state index in [4.69, 9.17) is 9.47 Å². The number of nitrogens with one attached hydrogen (secondary N) is 1. The molecule has 2 unspecified atom stereocenters. The van der Waals surface area contributed by atoms with Gasteiger partial charge in [0.05, 0.1) is 7.11 Å². The summed E-state index contributed by atoms with van der Waals surface area (Å²) in [6.07, 6.45) is 8.97. The normalized spacial score (nSPS) is 23.1. The quantitative estimate of drug-likeness (QED) is 0.853. The highest BCUT2D eigenvalue weighted by molar-refractivity contribution is 5.39. The van der Waals surface area contributed by atoms with Crippen LogP contribution >= 0.6 is 0 Å². The topological polar surface area (TPSA) is 30.5 Å². The molecule has 3 heteroatoms. The molecule has 1 aromatic rings. The van der Waals surface area contributed by atoms with Crippen molar-refractivity contribution in [3.8, 4) is 11.5 Å². The first kappa shape index (κ1) is 16.2. The largest absolute Gasteiger partial charge is 0.493 e. The fraction of sp³-hybridized carbons (Fsp3) is 0.667. The van der Waals surface area contributed by atoms with Gasteiger partial charge in [-0.15, -0.1) is 0 Å². The third-order valence-corrected chi connectivity index (χ3v) is 4.21. The summed E-state index contributed by atoms with van der Waals surface area (Å²) in [7, 11) is 1.70. The maximum Gasteiger partial charge on any atom is 0.161 e. The zero-order chi connectivity index (χ0) is 14.9. The van der Waals surface area contributed by atoms with Crippen LogP contribution in [0.5, 0.6) is 11.5 Å². The van der Waals surface area contributed by atoms with E-state index in [1.165, 1.54) is 32.1 Å². The summed E-state index contributed by atoms with van der Waals surface area (Å²) in [5.41, 5.74) is 0. The van der Waals surface area contributed by atoms with Gasteiger partial charge < -0.3 is 14.8 Å². The third-order valence-electron chi connectivity index (χ3n) is 4.21. The molecule has 118 valence electrons. The molecule has 0 aliphatic heterocycles. The van der Waals surface area contributed by atoms with E-state index in [9.17, 15) is 0 Å². The highest BCUT2D eigenvalue weighted by Gasteiger charge is 2.24. The van der Waals surface area contributed by atoms with Crippen molar-refractivity contribution in [1.82, 2.24) is 5.32 Å². The first-order valence-corrected chi connectivity index (χ1v) is 8.38. The second-order valence-electron chi connectivity index (χ2n) is 5.86. The van der Waals surface area contributed by atoms with Gasteiger partial charge in [0.15, 0.2) is 11.5 Å². The molecule has 2 rings (SSSR count). The zero-order valence-corrected chi connectivity index (χ0v) is 13.4. The van der Waals surface area contributed by atoms with E-state index in [0.29, 0.717) is 6.04 Å². The lowest BCUT2D eigenvalue weighted by Crippen LogP contribution is -2.44. The molecule has 1 aromatic carbocycles. The molecule has 1 fully saturated rings. The number of ether oxygens (including phenoxy) is 2. The monoisotopic (exact) mass is 291 g/mol. The number of hydrogen-bond acceptors (Lipinski definition) is 3. The number of hydrogen-bond donors (Lipinski definition) is 1. The molecule has 0 aromatic heterocycles. The van der Waals surface area contributed by atoms with Crippen LogP contribution in [0.4, 0.5) is 0 Å². The Morgan fingerprint density at radius 1 is 1.05 bits per heavy atom. The summed E-state index contributed by atoms with van der Waals surface area (Å²) < 4.78 is 11.7. The maximum atomic E-state index is 6.34. The average molecular weight is 291 g/mol. The average Bonchev–Trinajstić information content (AvgIpc) is 2.50. The van der Waals surface area contributed by atoms with E-state index in [2.05, 4.69) is 12.2 Å². The van der Waals surface area contributed by atoms with Gasteiger partial charge in [-0.05, 0) is 44.4 Å². The van der Waals surface area contributed by atoms with Gasteiger partial charge in [0.2, 0.25) is 0 Å². The fourth-order valence-electron chi connectivity index (χ4n) is 3.03. The third kappa shape index (κ3) is 4.92. The van der Waals surface area contributed by atoms with Gasteiger partial charge in [0.25, 0.3) is 0 Å². The molecule has 0 saturated heterocycles. The van der Waals surface area contributed by atoms with Crippen LogP contribution in [-0.2, 0) is 0 Å². The number of para-hydroxylation sites is 2. The Morgan fingerprint density at radius 2 is 1.76 bits per heavy atom. The molecule has 0 amide bonds. The molecule has 0 radical (unpaired) electrons. The summed E-state index contributed by atoms with van der Waals surface area (Å²) in [6.45, 7) is 3.28. The zero-order valence-electron chi connectivity index (χ0n) is 13.4. The highest BCUT2D eigenvalue weighted by atomic mass is 16.5. The van der Waals surface area contributed by atoms with Crippen molar-refractivity contribution in [2.45, 2.75) is 64.0 Å². The molecule has 1 N–H and O–H groups in total. The van der Waals surface area contributed by atoms with Crippen LogP contribution in [0.2, 0.25) is 0 Å². The van der Waals surface area contributed by atoms with Gasteiger partial charge >= 0.3 is 0 Å². The lowest BCUT2D eigenvalue weighted by atomic mass is 9.94. The second-order valence-corrected chi connectivity index (χ2v) is 5.86. The van der Waals surface area contributed by atoms with Crippen LogP contribution < -0.4 is 14.8 Å². The van der Waals surface area contributed by atoms with Crippen LogP contribution in [-0.4, -0.2) is 25.8 Å². The fourth-order valence-corrected chi connectivity index (χ4v) is 3.03. The van der Waals surface area contributed by atoms with E-state index in [-0.39, 0.29) is 6.10 Å². The van der Waals surface area contributed by atoms with Crippen molar-refractivity contribution >= 4 is 0 Å². The SMILES string of the molecule is CCCNC1CCCCCCC1Oc1ccccc1OC.